The summed E-state index contributed by atoms with van der Waals surface area (Å²) < 4.78 is 10.6. The van der Waals surface area contributed by atoms with Gasteiger partial charge in [0.05, 0.1) is 5.69 Å². The predicted molar refractivity (Wildman–Crippen MR) is 69.9 cm³/mol. The Morgan fingerprint density at radius 3 is 2.58 bits per heavy atom. The summed E-state index contributed by atoms with van der Waals surface area (Å²) in [6.45, 7) is 7.50. The molecule has 0 aliphatic rings. The fourth-order valence-electron chi connectivity index (χ4n) is 1.60. The van der Waals surface area contributed by atoms with Crippen LogP contribution in [0.5, 0.6) is 0 Å². The van der Waals surface area contributed by atoms with Crippen molar-refractivity contribution in [2.45, 2.75) is 33.6 Å². The highest BCUT2D eigenvalue weighted by Gasteiger charge is 2.12. The molecule has 19 heavy (non-hydrogen) atoms. The van der Waals surface area contributed by atoms with Gasteiger partial charge in [0.1, 0.15) is 17.7 Å². The molecule has 0 fully saturated rings. The van der Waals surface area contributed by atoms with Gasteiger partial charge in [0.2, 0.25) is 5.78 Å². The minimum absolute atomic E-state index is 0.157. The lowest BCUT2D eigenvalue weighted by molar-refractivity contribution is 0.104. The fourth-order valence-corrected chi connectivity index (χ4v) is 1.60. The van der Waals surface area contributed by atoms with Crippen LogP contribution in [0.3, 0.4) is 0 Å². The first-order valence-electron chi connectivity index (χ1n) is 6.09. The van der Waals surface area contributed by atoms with E-state index in [1.807, 2.05) is 20.8 Å². The molecule has 5 heteroatoms. The number of hydrogen-bond donors (Lipinski definition) is 0. The number of oxazole rings is 2. The maximum atomic E-state index is 11.9. The molecule has 0 unspecified atom stereocenters. The first-order valence-corrected chi connectivity index (χ1v) is 6.09. The van der Waals surface area contributed by atoms with Gasteiger partial charge >= 0.3 is 0 Å². The molecule has 100 valence electrons. The lowest BCUT2D eigenvalue weighted by Gasteiger charge is -1.93. The van der Waals surface area contributed by atoms with Crippen LogP contribution in [0.2, 0.25) is 0 Å². The molecule has 5 nitrogen and oxygen atoms in total. The average molecular weight is 260 g/mol. The summed E-state index contributed by atoms with van der Waals surface area (Å²) in [4.78, 5) is 20.2. The third-order valence-electron chi connectivity index (χ3n) is 2.59. The number of carbonyl (C=O) groups is 1. The first kappa shape index (κ1) is 13.3. The number of hydrogen-bond acceptors (Lipinski definition) is 5. The summed E-state index contributed by atoms with van der Waals surface area (Å²) in [5.74, 6) is 1.66. The van der Waals surface area contributed by atoms with E-state index in [2.05, 4.69) is 9.97 Å². The van der Waals surface area contributed by atoms with Crippen molar-refractivity contribution in [1.29, 1.82) is 0 Å². The van der Waals surface area contributed by atoms with Crippen LogP contribution in [0, 0.1) is 13.8 Å². The largest absolute Gasteiger partial charge is 0.448 e. The molecule has 2 rings (SSSR count). The van der Waals surface area contributed by atoms with E-state index in [1.165, 1.54) is 12.3 Å². The Kier molecular flexibility index (Phi) is 3.64. The Morgan fingerprint density at radius 2 is 2.05 bits per heavy atom. The fraction of sp³-hybridized carbons (Fsp3) is 0.357. The lowest BCUT2D eigenvalue weighted by atomic mass is 10.2. The quantitative estimate of drug-likeness (QED) is 0.623. The lowest BCUT2D eigenvalue weighted by Crippen LogP contribution is -1.96. The standard InChI is InChI=1S/C14H16N2O3/c1-8(2)14-16-11(7-18-14)12(17)5-6-13-9(3)15-10(4)19-13/h5-8H,1-4H3/b6-5+. The smallest absolute Gasteiger partial charge is 0.207 e. The van der Waals surface area contributed by atoms with E-state index < -0.39 is 0 Å². The molecular formula is C14H16N2O3. The predicted octanol–water partition coefficient (Wildman–Crippen LogP) is 3.30. The summed E-state index contributed by atoms with van der Waals surface area (Å²) in [5.41, 5.74) is 1.05. The number of carbonyl (C=O) groups excluding carboxylic acids is 1. The molecule has 0 amide bonds. The number of rotatable bonds is 4. The van der Waals surface area contributed by atoms with Crippen LogP contribution >= 0.6 is 0 Å². The third kappa shape index (κ3) is 2.99. The summed E-state index contributed by atoms with van der Waals surface area (Å²) in [7, 11) is 0. The van der Waals surface area contributed by atoms with E-state index in [9.17, 15) is 4.79 Å². The van der Waals surface area contributed by atoms with Crippen molar-refractivity contribution in [2.75, 3.05) is 0 Å². The van der Waals surface area contributed by atoms with E-state index in [0.717, 1.165) is 5.69 Å². The number of ketones is 1. The van der Waals surface area contributed by atoms with Crippen molar-refractivity contribution in [3.8, 4) is 0 Å². The zero-order chi connectivity index (χ0) is 14.0. The Morgan fingerprint density at radius 1 is 1.32 bits per heavy atom. The van der Waals surface area contributed by atoms with Crippen LogP contribution in [-0.2, 0) is 0 Å². The Labute approximate surface area is 111 Å². The molecule has 0 aliphatic carbocycles. The van der Waals surface area contributed by atoms with Gasteiger partial charge in [0, 0.05) is 12.8 Å². The number of allylic oxidation sites excluding steroid dienone is 1. The van der Waals surface area contributed by atoms with Gasteiger partial charge in [-0.3, -0.25) is 4.79 Å². The molecule has 0 aromatic carbocycles. The monoisotopic (exact) mass is 260 g/mol. The topological polar surface area (TPSA) is 69.1 Å². The summed E-state index contributed by atoms with van der Waals surface area (Å²) >= 11 is 0. The molecular weight excluding hydrogens is 244 g/mol. The van der Waals surface area contributed by atoms with Crippen molar-refractivity contribution in [3.05, 3.63) is 41.3 Å². The molecule has 0 atom stereocenters. The van der Waals surface area contributed by atoms with Gasteiger partial charge in [0.25, 0.3) is 0 Å². The van der Waals surface area contributed by atoms with E-state index in [-0.39, 0.29) is 11.7 Å². The summed E-state index contributed by atoms with van der Waals surface area (Å²) in [6.07, 6.45) is 4.39. The van der Waals surface area contributed by atoms with Gasteiger partial charge in [0.15, 0.2) is 11.8 Å². The number of nitrogens with zero attached hydrogens (tertiary/aromatic N) is 2. The Bertz CT molecular complexity index is 620. The normalized spacial score (nSPS) is 11.6. The van der Waals surface area contributed by atoms with Crippen molar-refractivity contribution in [1.82, 2.24) is 9.97 Å². The van der Waals surface area contributed by atoms with Crippen molar-refractivity contribution in [2.24, 2.45) is 0 Å². The molecule has 0 spiro atoms. The molecule has 2 aromatic heterocycles. The van der Waals surface area contributed by atoms with Gasteiger partial charge < -0.3 is 8.83 Å². The molecule has 2 heterocycles. The summed E-state index contributed by atoms with van der Waals surface area (Å²) in [6, 6.07) is 0. The Balaban J connectivity index is 2.14. The van der Waals surface area contributed by atoms with Crippen molar-refractivity contribution in [3.63, 3.8) is 0 Å². The highest BCUT2D eigenvalue weighted by molar-refractivity contribution is 6.05. The minimum Gasteiger partial charge on any atom is -0.448 e. The van der Waals surface area contributed by atoms with Crippen molar-refractivity contribution < 1.29 is 13.6 Å². The van der Waals surface area contributed by atoms with Crippen LogP contribution in [0.15, 0.2) is 21.2 Å². The second kappa shape index (κ2) is 5.22. The van der Waals surface area contributed by atoms with Crippen LogP contribution in [0.4, 0.5) is 0 Å². The van der Waals surface area contributed by atoms with E-state index in [1.54, 1.807) is 13.0 Å². The van der Waals surface area contributed by atoms with Crippen LogP contribution in [0.1, 0.15) is 53.5 Å². The van der Waals surface area contributed by atoms with Gasteiger partial charge in [-0.2, -0.15) is 0 Å². The first-order chi connectivity index (χ1) is 8.97. The van der Waals surface area contributed by atoms with Crippen molar-refractivity contribution >= 4 is 11.9 Å². The zero-order valence-corrected chi connectivity index (χ0v) is 11.4. The molecule has 0 N–H and O–H groups in total. The maximum Gasteiger partial charge on any atom is 0.207 e. The average Bonchev–Trinajstić information content (AvgIpc) is 2.93. The second-order valence-electron chi connectivity index (χ2n) is 4.61. The molecule has 0 radical (unpaired) electrons. The second-order valence-corrected chi connectivity index (χ2v) is 4.61. The molecule has 0 saturated heterocycles. The minimum atomic E-state index is -0.218. The zero-order valence-electron chi connectivity index (χ0n) is 11.4. The number of aryl methyl sites for hydroxylation is 2. The van der Waals surface area contributed by atoms with E-state index >= 15 is 0 Å². The number of aromatic nitrogens is 2. The Hall–Kier alpha value is -2.17. The van der Waals surface area contributed by atoms with E-state index in [0.29, 0.717) is 23.2 Å². The summed E-state index contributed by atoms with van der Waals surface area (Å²) in [5, 5.41) is 0. The molecule has 0 saturated carbocycles. The van der Waals surface area contributed by atoms with Gasteiger partial charge in [-0.1, -0.05) is 13.8 Å². The van der Waals surface area contributed by atoms with Crippen LogP contribution in [-0.4, -0.2) is 15.8 Å². The molecule has 0 bridgehead atoms. The maximum absolute atomic E-state index is 11.9. The van der Waals surface area contributed by atoms with Gasteiger partial charge in [-0.25, -0.2) is 9.97 Å². The third-order valence-corrected chi connectivity index (χ3v) is 2.59. The van der Waals surface area contributed by atoms with Crippen LogP contribution < -0.4 is 0 Å². The van der Waals surface area contributed by atoms with Gasteiger partial charge in [-0.15, -0.1) is 0 Å². The molecule has 2 aromatic rings. The van der Waals surface area contributed by atoms with Gasteiger partial charge in [-0.05, 0) is 19.1 Å². The SMILES string of the molecule is Cc1nc(C)c(/C=C/C(=O)c2coc(C(C)C)n2)o1. The van der Waals surface area contributed by atoms with Crippen LogP contribution in [0.25, 0.3) is 6.08 Å². The molecule has 0 aliphatic heterocycles. The van der Waals surface area contributed by atoms with E-state index in [4.69, 9.17) is 8.83 Å². The highest BCUT2D eigenvalue weighted by atomic mass is 16.4. The highest BCUT2D eigenvalue weighted by Crippen LogP contribution is 2.15.